The molecule has 4 rings (SSSR count). The predicted molar refractivity (Wildman–Crippen MR) is 133 cm³/mol. The Morgan fingerprint density at radius 3 is 2.51 bits per heavy atom. The molecule has 0 spiro atoms. The third-order valence-corrected chi connectivity index (χ3v) is 7.93. The molecule has 0 saturated heterocycles. The van der Waals surface area contributed by atoms with Crippen LogP contribution in [0.25, 0.3) is 0 Å². The Morgan fingerprint density at radius 2 is 1.90 bits per heavy atom. The summed E-state index contributed by atoms with van der Waals surface area (Å²) in [5.74, 6) is -8.69. The van der Waals surface area contributed by atoms with E-state index in [-0.39, 0.29) is 61.4 Å². The number of hydrogen-bond donors (Lipinski definition) is 1. The van der Waals surface area contributed by atoms with E-state index in [1.165, 1.54) is 0 Å². The second-order valence-corrected chi connectivity index (χ2v) is 10.8. The van der Waals surface area contributed by atoms with Crippen LogP contribution in [0.2, 0.25) is 0 Å². The number of nitrogens with zero attached hydrogens (tertiary/aromatic N) is 1. The Morgan fingerprint density at radius 1 is 1.18 bits per heavy atom. The first-order chi connectivity index (χ1) is 18.3. The molecule has 3 aliphatic rings. The minimum atomic E-state index is -4.15. The molecule has 12 heteroatoms. The minimum Gasteiger partial charge on any atom is -0.508 e. The van der Waals surface area contributed by atoms with Gasteiger partial charge in [-0.2, -0.15) is 8.78 Å². The molecule has 1 N–H and O–H groups in total. The Balaban J connectivity index is 1.89. The highest BCUT2D eigenvalue weighted by Gasteiger charge is 2.59. The maximum atomic E-state index is 15.1. The number of carbonyl (C=O) groups excluding carboxylic acids is 3. The number of aromatic hydroxyl groups is 1. The smallest absolute Gasteiger partial charge is 0.381 e. The van der Waals surface area contributed by atoms with Crippen molar-refractivity contribution in [3.63, 3.8) is 0 Å². The molecule has 0 aromatic heterocycles. The number of esters is 2. The third kappa shape index (κ3) is 6.65. The van der Waals surface area contributed by atoms with E-state index in [1.54, 1.807) is 0 Å². The first-order valence-corrected chi connectivity index (χ1v) is 13.2. The summed E-state index contributed by atoms with van der Waals surface area (Å²) in [6.45, 7) is 5.26. The summed E-state index contributed by atoms with van der Waals surface area (Å²) in [5.41, 5.74) is -1.27. The van der Waals surface area contributed by atoms with Crippen molar-refractivity contribution in [3.05, 3.63) is 33.4 Å². The van der Waals surface area contributed by atoms with Crippen LogP contribution in [0.1, 0.15) is 89.2 Å². The second-order valence-electron chi connectivity index (χ2n) is 10.8. The van der Waals surface area contributed by atoms with Crippen LogP contribution >= 0.6 is 0 Å². The number of alkyl halides is 2. The van der Waals surface area contributed by atoms with Crippen molar-refractivity contribution in [2.75, 3.05) is 13.2 Å². The van der Waals surface area contributed by atoms with Gasteiger partial charge in [0.1, 0.15) is 17.3 Å². The van der Waals surface area contributed by atoms with Crippen LogP contribution in [-0.2, 0) is 29.9 Å². The van der Waals surface area contributed by atoms with Crippen LogP contribution in [0.5, 0.6) is 11.5 Å². The molecule has 39 heavy (non-hydrogen) atoms. The van der Waals surface area contributed by atoms with Gasteiger partial charge in [-0.3, -0.25) is 9.59 Å². The van der Waals surface area contributed by atoms with Crippen LogP contribution in [0.15, 0.2) is 12.1 Å². The number of fused-ring (bicyclic) bond motifs is 2. The Kier molecular flexibility index (Phi) is 9.50. The van der Waals surface area contributed by atoms with E-state index >= 15 is 8.78 Å². The van der Waals surface area contributed by atoms with E-state index in [4.69, 9.17) is 9.47 Å². The summed E-state index contributed by atoms with van der Waals surface area (Å²) in [4.78, 5) is 52.0. The van der Waals surface area contributed by atoms with Gasteiger partial charge >= 0.3 is 17.9 Å². The normalized spacial score (nSPS) is 21.6. The number of rotatable bonds is 14. The van der Waals surface area contributed by atoms with Crippen LogP contribution in [0.3, 0.4) is 0 Å². The zero-order chi connectivity index (χ0) is 29.0. The molecule has 0 radical (unpaired) electrons. The molecular weight excluding hydrogens is 520 g/mol. The van der Waals surface area contributed by atoms with E-state index in [9.17, 15) is 29.6 Å². The average Bonchev–Trinajstić information content (AvgIpc) is 2.85. The molecule has 1 aromatic carbocycles. The fourth-order valence-corrected chi connectivity index (χ4v) is 5.67. The number of phenols is 1. The van der Waals surface area contributed by atoms with Crippen LogP contribution in [0, 0.1) is 27.4 Å². The molecule has 0 aliphatic heterocycles. The SMILES string of the molecule is CCCCCCOC(=O)C(F)(F)c1cc(O)c([C@H]2CC(=O)[C@@H]3C[C@H]2C3(C)C)c(OC(=O)CCCO[N+](=O)[O-])c1. The molecule has 3 atom stereocenters. The largest absolute Gasteiger partial charge is 0.508 e. The molecule has 0 amide bonds. The maximum absolute atomic E-state index is 15.1. The number of carbonyl (C=O) groups is 3. The summed E-state index contributed by atoms with van der Waals surface area (Å²) in [6, 6.07) is 1.57. The minimum absolute atomic E-state index is 0.0258. The molecule has 1 aromatic rings. The van der Waals surface area contributed by atoms with Gasteiger partial charge in [-0.25, -0.2) is 4.79 Å². The summed E-state index contributed by atoms with van der Waals surface area (Å²) in [6.07, 6.45) is 3.12. The molecule has 216 valence electrons. The lowest BCUT2D eigenvalue weighted by Crippen LogP contribution is -2.56. The number of unbranched alkanes of at least 4 members (excludes halogenated alkanes) is 3. The first kappa shape index (κ1) is 30.2. The van der Waals surface area contributed by atoms with Crippen LogP contribution in [-0.4, -0.2) is 41.1 Å². The highest BCUT2D eigenvalue weighted by atomic mass is 19.3. The Labute approximate surface area is 225 Å². The number of ketones is 1. The van der Waals surface area contributed by atoms with Gasteiger partial charge in [0.2, 0.25) is 0 Å². The summed E-state index contributed by atoms with van der Waals surface area (Å²) in [7, 11) is 0. The fraction of sp³-hybridized carbons (Fsp3) is 0.667. The number of hydrogen-bond acceptors (Lipinski definition) is 9. The topological polar surface area (TPSA) is 142 Å². The van der Waals surface area contributed by atoms with Gasteiger partial charge in [-0.15, -0.1) is 10.1 Å². The summed E-state index contributed by atoms with van der Waals surface area (Å²) < 4.78 is 40.4. The van der Waals surface area contributed by atoms with Crippen molar-refractivity contribution in [1.29, 1.82) is 0 Å². The molecule has 3 aliphatic carbocycles. The Bertz CT molecular complexity index is 1100. The van der Waals surface area contributed by atoms with E-state index in [1.807, 2.05) is 20.8 Å². The lowest BCUT2D eigenvalue weighted by molar-refractivity contribution is -0.757. The van der Waals surface area contributed by atoms with Gasteiger partial charge in [-0.05, 0) is 42.7 Å². The zero-order valence-electron chi connectivity index (χ0n) is 22.4. The van der Waals surface area contributed by atoms with Crippen molar-refractivity contribution in [2.24, 2.45) is 17.3 Å². The van der Waals surface area contributed by atoms with E-state index < -0.39 is 45.6 Å². The van der Waals surface area contributed by atoms with Gasteiger partial charge in [0, 0.05) is 35.8 Å². The number of Topliss-reactive ketones (excluding diaryl/α,β-unsaturated/α-hetero) is 1. The van der Waals surface area contributed by atoms with Crippen molar-refractivity contribution in [3.8, 4) is 11.5 Å². The highest BCUT2D eigenvalue weighted by molar-refractivity contribution is 5.86. The van der Waals surface area contributed by atoms with Gasteiger partial charge in [-0.1, -0.05) is 40.0 Å². The number of phenolic OH excluding ortho intramolecular Hbond substituents is 1. The third-order valence-electron chi connectivity index (χ3n) is 7.93. The number of benzene rings is 1. The summed E-state index contributed by atoms with van der Waals surface area (Å²) >= 11 is 0. The van der Waals surface area contributed by atoms with Crippen LogP contribution in [0.4, 0.5) is 8.78 Å². The molecule has 2 bridgehead atoms. The number of ether oxygens (including phenoxy) is 2. The fourth-order valence-electron chi connectivity index (χ4n) is 5.67. The first-order valence-electron chi connectivity index (χ1n) is 13.2. The van der Waals surface area contributed by atoms with E-state index in [0.717, 1.165) is 31.4 Å². The molecular formula is C27H35F2NO9. The number of halogens is 2. The van der Waals surface area contributed by atoms with E-state index in [0.29, 0.717) is 12.8 Å². The quantitative estimate of drug-likeness (QED) is 0.107. The predicted octanol–water partition coefficient (Wildman–Crippen LogP) is 5.22. The zero-order valence-corrected chi connectivity index (χ0v) is 22.4. The Hall–Kier alpha value is -3.31. The van der Waals surface area contributed by atoms with E-state index in [2.05, 4.69) is 4.84 Å². The van der Waals surface area contributed by atoms with Crippen molar-refractivity contribution >= 4 is 17.7 Å². The van der Waals surface area contributed by atoms with Crippen molar-refractivity contribution < 1.29 is 47.7 Å². The van der Waals surface area contributed by atoms with Crippen molar-refractivity contribution in [1.82, 2.24) is 0 Å². The molecule has 3 saturated carbocycles. The monoisotopic (exact) mass is 555 g/mol. The van der Waals surface area contributed by atoms with Crippen molar-refractivity contribution in [2.45, 2.75) is 84.0 Å². The average molecular weight is 556 g/mol. The standard InChI is InChI=1S/C27H35F2NO9/c1-4-5-6-7-10-37-25(34)27(28,29)16-12-21(32)24(17-14-20(31)19-15-18(17)26(19,2)3)22(13-16)39-23(33)9-8-11-38-30(35)36/h12-13,17-19,32H,4-11,14-15H2,1-3H3/t17-,18+,19-/m0/s1. The molecule has 0 heterocycles. The van der Waals surface area contributed by atoms with Gasteiger partial charge < -0.3 is 19.4 Å². The lowest BCUT2D eigenvalue weighted by atomic mass is 9.44. The molecule has 3 fully saturated rings. The maximum Gasteiger partial charge on any atom is 0.381 e. The second kappa shape index (κ2) is 12.3. The highest BCUT2D eigenvalue weighted by Crippen LogP contribution is 2.64. The van der Waals surface area contributed by atoms with Gasteiger partial charge in [0.15, 0.2) is 0 Å². The molecule has 0 unspecified atom stereocenters. The lowest BCUT2D eigenvalue weighted by Gasteiger charge is -2.59. The van der Waals surface area contributed by atoms with Crippen LogP contribution < -0.4 is 4.74 Å². The molecule has 10 nitrogen and oxygen atoms in total. The van der Waals surface area contributed by atoms with Gasteiger partial charge in [0.25, 0.3) is 5.09 Å². The van der Waals surface area contributed by atoms with Gasteiger partial charge in [0.05, 0.1) is 13.2 Å². The summed E-state index contributed by atoms with van der Waals surface area (Å²) in [5, 5.41) is 20.2.